The SMILES string of the molecule is CCCCCCCCCCCCCCCCCCCCC(=O)OC[C@H](COC(=O)CCCCCCCCC(C)C)OC(=O)CCCCCCCCCCCCCCCC(C)C. The quantitative estimate of drug-likeness (QED) is 0.0344. The van der Waals surface area contributed by atoms with E-state index in [-0.39, 0.29) is 31.1 Å². The Labute approximate surface area is 380 Å². The van der Waals surface area contributed by atoms with Gasteiger partial charge in [0.15, 0.2) is 6.10 Å². The first-order valence-corrected chi connectivity index (χ1v) is 27.2. The predicted octanol–water partition coefficient (Wildman–Crippen LogP) is 17.7. The zero-order valence-corrected chi connectivity index (χ0v) is 41.8. The van der Waals surface area contributed by atoms with E-state index in [0.717, 1.165) is 69.6 Å². The van der Waals surface area contributed by atoms with Gasteiger partial charge in [0.2, 0.25) is 0 Å². The molecule has 0 aromatic rings. The van der Waals surface area contributed by atoms with Gasteiger partial charge in [-0.25, -0.2) is 0 Å². The van der Waals surface area contributed by atoms with E-state index in [1.807, 2.05) is 0 Å². The van der Waals surface area contributed by atoms with Crippen LogP contribution >= 0.6 is 0 Å². The number of ether oxygens (including phenoxy) is 3. The molecule has 1 atom stereocenters. The second kappa shape index (κ2) is 47.9. The number of unbranched alkanes of at least 4 members (excludes halogenated alkanes) is 34. The molecule has 0 bridgehead atoms. The molecule has 6 heteroatoms. The van der Waals surface area contributed by atoms with Crippen molar-refractivity contribution in [2.45, 2.75) is 310 Å². The zero-order valence-electron chi connectivity index (χ0n) is 41.8. The zero-order chi connectivity index (χ0) is 44.7. The highest BCUT2D eigenvalue weighted by Crippen LogP contribution is 2.18. The molecule has 0 amide bonds. The van der Waals surface area contributed by atoms with Crippen LogP contribution in [0.3, 0.4) is 0 Å². The van der Waals surface area contributed by atoms with Gasteiger partial charge in [0.05, 0.1) is 0 Å². The fraction of sp³-hybridized carbons (Fsp3) is 0.945. The van der Waals surface area contributed by atoms with E-state index in [0.29, 0.717) is 19.3 Å². The van der Waals surface area contributed by atoms with Crippen molar-refractivity contribution in [3.8, 4) is 0 Å². The van der Waals surface area contributed by atoms with Crippen molar-refractivity contribution in [1.82, 2.24) is 0 Å². The lowest BCUT2D eigenvalue weighted by molar-refractivity contribution is -0.167. The van der Waals surface area contributed by atoms with Crippen molar-refractivity contribution in [1.29, 1.82) is 0 Å². The maximum Gasteiger partial charge on any atom is 0.306 e. The third-order valence-corrected chi connectivity index (χ3v) is 12.5. The number of carbonyl (C=O) groups excluding carboxylic acids is 3. The predicted molar refractivity (Wildman–Crippen MR) is 261 cm³/mol. The molecule has 0 aliphatic rings. The Bertz CT molecular complexity index is 931. The minimum absolute atomic E-state index is 0.0641. The third kappa shape index (κ3) is 49.3. The molecule has 0 fully saturated rings. The topological polar surface area (TPSA) is 78.9 Å². The molecule has 0 radical (unpaired) electrons. The van der Waals surface area contributed by atoms with Crippen molar-refractivity contribution in [2.24, 2.45) is 11.8 Å². The van der Waals surface area contributed by atoms with Gasteiger partial charge >= 0.3 is 17.9 Å². The molecule has 0 aliphatic carbocycles. The van der Waals surface area contributed by atoms with Gasteiger partial charge in [-0.15, -0.1) is 0 Å². The summed E-state index contributed by atoms with van der Waals surface area (Å²) >= 11 is 0. The van der Waals surface area contributed by atoms with Gasteiger partial charge in [0.1, 0.15) is 13.2 Å². The van der Waals surface area contributed by atoms with Crippen LogP contribution in [0, 0.1) is 11.8 Å². The number of carbonyl (C=O) groups is 3. The lowest BCUT2D eigenvalue weighted by atomic mass is 10.0. The average molecular weight is 863 g/mol. The van der Waals surface area contributed by atoms with Crippen LogP contribution in [0.2, 0.25) is 0 Å². The summed E-state index contributed by atoms with van der Waals surface area (Å²) in [6.45, 7) is 11.3. The Morgan fingerprint density at radius 3 is 0.803 bits per heavy atom. The smallest absolute Gasteiger partial charge is 0.306 e. The monoisotopic (exact) mass is 863 g/mol. The Morgan fingerprint density at radius 2 is 0.541 bits per heavy atom. The molecule has 0 saturated heterocycles. The number of hydrogen-bond acceptors (Lipinski definition) is 6. The molecular formula is C55H106O6. The minimum atomic E-state index is -0.762. The minimum Gasteiger partial charge on any atom is -0.462 e. The Balaban J connectivity index is 4.23. The van der Waals surface area contributed by atoms with E-state index in [1.54, 1.807) is 0 Å². The van der Waals surface area contributed by atoms with Gasteiger partial charge in [-0.1, -0.05) is 266 Å². The molecule has 0 aromatic carbocycles. The summed E-state index contributed by atoms with van der Waals surface area (Å²) in [4.78, 5) is 37.9. The van der Waals surface area contributed by atoms with Crippen molar-refractivity contribution in [2.75, 3.05) is 13.2 Å². The molecule has 362 valence electrons. The fourth-order valence-electron chi connectivity index (χ4n) is 8.34. The van der Waals surface area contributed by atoms with Crippen molar-refractivity contribution in [3.05, 3.63) is 0 Å². The van der Waals surface area contributed by atoms with E-state index in [1.165, 1.54) is 193 Å². The van der Waals surface area contributed by atoms with E-state index >= 15 is 0 Å². The molecule has 61 heavy (non-hydrogen) atoms. The first kappa shape index (κ1) is 59.4. The maximum atomic E-state index is 12.8. The van der Waals surface area contributed by atoms with E-state index < -0.39 is 6.10 Å². The van der Waals surface area contributed by atoms with Gasteiger partial charge in [-0.2, -0.15) is 0 Å². The van der Waals surface area contributed by atoms with Crippen LogP contribution in [-0.2, 0) is 28.6 Å². The molecular weight excluding hydrogens is 757 g/mol. The molecule has 0 saturated carbocycles. The van der Waals surface area contributed by atoms with E-state index in [4.69, 9.17) is 14.2 Å². The molecule has 0 aliphatic heterocycles. The van der Waals surface area contributed by atoms with E-state index in [9.17, 15) is 14.4 Å². The largest absolute Gasteiger partial charge is 0.462 e. The summed E-state index contributed by atoms with van der Waals surface area (Å²) in [7, 11) is 0. The highest BCUT2D eigenvalue weighted by molar-refractivity contribution is 5.71. The van der Waals surface area contributed by atoms with Crippen LogP contribution in [0.15, 0.2) is 0 Å². The summed E-state index contributed by atoms with van der Waals surface area (Å²) in [5, 5.41) is 0. The lowest BCUT2D eigenvalue weighted by Gasteiger charge is -2.18. The fourth-order valence-corrected chi connectivity index (χ4v) is 8.34. The van der Waals surface area contributed by atoms with Crippen LogP contribution in [0.25, 0.3) is 0 Å². The molecule has 6 nitrogen and oxygen atoms in total. The maximum absolute atomic E-state index is 12.8. The van der Waals surface area contributed by atoms with Crippen molar-refractivity contribution < 1.29 is 28.6 Å². The molecule has 0 heterocycles. The second-order valence-corrected chi connectivity index (χ2v) is 19.8. The first-order valence-electron chi connectivity index (χ1n) is 27.2. The Morgan fingerprint density at radius 1 is 0.311 bits per heavy atom. The third-order valence-electron chi connectivity index (χ3n) is 12.5. The Hall–Kier alpha value is -1.59. The molecule has 0 rings (SSSR count). The van der Waals surface area contributed by atoms with Gasteiger partial charge in [0.25, 0.3) is 0 Å². The van der Waals surface area contributed by atoms with Crippen LogP contribution in [-0.4, -0.2) is 37.2 Å². The average Bonchev–Trinajstić information content (AvgIpc) is 3.23. The van der Waals surface area contributed by atoms with E-state index in [2.05, 4.69) is 34.6 Å². The highest BCUT2D eigenvalue weighted by atomic mass is 16.6. The number of esters is 3. The summed E-state index contributed by atoms with van der Waals surface area (Å²) in [6.07, 6.45) is 49.7. The second-order valence-electron chi connectivity index (χ2n) is 19.8. The van der Waals surface area contributed by atoms with Gasteiger partial charge in [-0.3, -0.25) is 14.4 Å². The summed E-state index contributed by atoms with van der Waals surface area (Å²) < 4.78 is 16.8. The highest BCUT2D eigenvalue weighted by Gasteiger charge is 2.19. The van der Waals surface area contributed by atoms with Crippen molar-refractivity contribution >= 4 is 17.9 Å². The van der Waals surface area contributed by atoms with Crippen LogP contribution in [0.1, 0.15) is 304 Å². The van der Waals surface area contributed by atoms with Crippen LogP contribution < -0.4 is 0 Å². The van der Waals surface area contributed by atoms with Gasteiger partial charge in [0, 0.05) is 19.3 Å². The summed E-state index contributed by atoms with van der Waals surface area (Å²) in [5.74, 6) is 0.752. The molecule has 0 N–H and O–H groups in total. The standard InChI is InChI=1S/C55H106O6/c1-6-7-8-9-10-11-12-13-14-15-16-17-20-23-26-29-35-40-45-53(56)59-48-52(49-60-54(57)46-41-36-32-31-34-39-44-51(4)5)61-55(58)47-42-37-30-27-24-21-18-19-22-25-28-33-38-43-50(2)3/h50-52H,6-49H2,1-5H3/t52-/m1/s1. The normalized spacial score (nSPS) is 12.0. The van der Waals surface area contributed by atoms with Gasteiger partial charge < -0.3 is 14.2 Å². The molecule has 0 unspecified atom stereocenters. The molecule has 0 spiro atoms. The lowest BCUT2D eigenvalue weighted by Crippen LogP contribution is -2.30. The Kier molecular flexibility index (Phi) is 46.6. The van der Waals surface area contributed by atoms with Gasteiger partial charge in [-0.05, 0) is 31.1 Å². The molecule has 0 aromatic heterocycles. The number of hydrogen-bond donors (Lipinski definition) is 0. The van der Waals surface area contributed by atoms with Crippen molar-refractivity contribution in [3.63, 3.8) is 0 Å². The first-order chi connectivity index (χ1) is 29.7. The number of rotatable bonds is 49. The van der Waals surface area contributed by atoms with Crippen LogP contribution in [0.5, 0.6) is 0 Å². The summed E-state index contributed by atoms with van der Waals surface area (Å²) in [5.41, 5.74) is 0. The van der Waals surface area contributed by atoms with Crippen LogP contribution in [0.4, 0.5) is 0 Å². The summed E-state index contributed by atoms with van der Waals surface area (Å²) in [6, 6.07) is 0.